The molecule has 0 amide bonds. The predicted molar refractivity (Wildman–Crippen MR) is 69.6 cm³/mol. The maximum Gasteiger partial charge on any atom is 0.0504 e. The minimum Gasteiger partial charge on any atom is -0.357 e. The molecular formula is C14H20N2. The van der Waals surface area contributed by atoms with Gasteiger partial charge in [-0.15, -0.1) is 0 Å². The van der Waals surface area contributed by atoms with Gasteiger partial charge in [0.25, 0.3) is 0 Å². The second kappa shape index (κ2) is 3.63. The van der Waals surface area contributed by atoms with Crippen LogP contribution in [-0.4, -0.2) is 4.98 Å². The Labute approximate surface area is 96.9 Å². The van der Waals surface area contributed by atoms with Gasteiger partial charge in [-0.2, -0.15) is 0 Å². The third-order valence-electron chi connectivity index (χ3n) is 3.01. The van der Waals surface area contributed by atoms with Gasteiger partial charge in [-0.25, -0.2) is 0 Å². The Morgan fingerprint density at radius 3 is 2.44 bits per heavy atom. The Kier molecular flexibility index (Phi) is 2.55. The van der Waals surface area contributed by atoms with Crippen LogP contribution in [0.1, 0.15) is 44.9 Å². The lowest BCUT2D eigenvalue weighted by molar-refractivity contribution is 0.540. The molecule has 2 heteroatoms. The van der Waals surface area contributed by atoms with Crippen LogP contribution in [0.25, 0.3) is 10.9 Å². The highest BCUT2D eigenvalue weighted by Crippen LogP contribution is 2.25. The van der Waals surface area contributed by atoms with Gasteiger partial charge in [0.1, 0.15) is 0 Å². The molecule has 0 atom stereocenters. The lowest BCUT2D eigenvalue weighted by Gasteiger charge is -2.15. The van der Waals surface area contributed by atoms with Gasteiger partial charge in [0.15, 0.2) is 0 Å². The van der Waals surface area contributed by atoms with Crippen molar-refractivity contribution in [2.45, 2.75) is 39.2 Å². The Balaban J connectivity index is 2.54. The normalized spacial score (nSPS) is 12.6. The average Bonchev–Trinajstić information content (AvgIpc) is 2.58. The summed E-state index contributed by atoms with van der Waals surface area (Å²) in [5, 5.41) is 1.25. The molecule has 0 unspecified atom stereocenters. The van der Waals surface area contributed by atoms with Crippen LogP contribution in [0.4, 0.5) is 0 Å². The van der Waals surface area contributed by atoms with Crippen molar-refractivity contribution in [1.82, 2.24) is 4.98 Å². The molecule has 3 N–H and O–H groups in total. The molecule has 16 heavy (non-hydrogen) atoms. The number of hydrogen-bond acceptors (Lipinski definition) is 1. The van der Waals surface area contributed by atoms with E-state index in [0.717, 1.165) is 11.2 Å². The number of nitrogens with two attached hydrogens (primary N) is 1. The van der Waals surface area contributed by atoms with Crippen LogP contribution in [0, 0.1) is 0 Å². The molecule has 1 aromatic carbocycles. The molecule has 0 aliphatic heterocycles. The number of H-pyrrole nitrogens is 1. The van der Waals surface area contributed by atoms with Crippen molar-refractivity contribution in [1.29, 1.82) is 0 Å². The molecule has 0 radical (unpaired) electrons. The van der Waals surface area contributed by atoms with Crippen LogP contribution in [0.15, 0.2) is 24.3 Å². The summed E-state index contributed by atoms with van der Waals surface area (Å²) < 4.78 is 0. The smallest absolute Gasteiger partial charge is 0.0504 e. The van der Waals surface area contributed by atoms with Crippen molar-refractivity contribution < 1.29 is 0 Å². The number of nitrogens with one attached hydrogen (secondary N) is 1. The molecule has 2 nitrogen and oxygen atoms in total. The summed E-state index contributed by atoms with van der Waals surface area (Å²) in [6, 6.07) is 8.71. The van der Waals surface area contributed by atoms with Crippen LogP contribution >= 0.6 is 0 Å². The standard InChI is InChI=1S/C14H20N2/c1-9(2)10-5-6-12-11(7-10)8-13(16-12)14(3,4)15/h5-9,16H,15H2,1-4H3. The van der Waals surface area contributed by atoms with E-state index < -0.39 is 0 Å². The topological polar surface area (TPSA) is 41.8 Å². The van der Waals surface area contributed by atoms with Crippen LogP contribution in [0.5, 0.6) is 0 Å². The first-order valence-electron chi connectivity index (χ1n) is 5.80. The maximum absolute atomic E-state index is 6.09. The minimum atomic E-state index is -0.309. The van der Waals surface area contributed by atoms with E-state index >= 15 is 0 Å². The van der Waals surface area contributed by atoms with Crippen LogP contribution in [0.3, 0.4) is 0 Å². The molecule has 2 rings (SSSR count). The average molecular weight is 216 g/mol. The van der Waals surface area contributed by atoms with Gasteiger partial charge < -0.3 is 10.7 Å². The summed E-state index contributed by atoms with van der Waals surface area (Å²) in [6.45, 7) is 8.45. The van der Waals surface area contributed by atoms with E-state index in [-0.39, 0.29) is 5.54 Å². The molecule has 2 aromatic rings. The minimum absolute atomic E-state index is 0.309. The monoisotopic (exact) mass is 216 g/mol. The van der Waals surface area contributed by atoms with Crippen LogP contribution < -0.4 is 5.73 Å². The Morgan fingerprint density at radius 1 is 1.19 bits per heavy atom. The largest absolute Gasteiger partial charge is 0.357 e. The van der Waals surface area contributed by atoms with Crippen molar-refractivity contribution in [2.24, 2.45) is 5.73 Å². The third-order valence-corrected chi connectivity index (χ3v) is 3.01. The van der Waals surface area contributed by atoms with Gasteiger partial charge >= 0.3 is 0 Å². The fraction of sp³-hybridized carbons (Fsp3) is 0.429. The molecule has 0 aliphatic rings. The summed E-state index contributed by atoms with van der Waals surface area (Å²) in [4.78, 5) is 3.38. The van der Waals surface area contributed by atoms with Gasteiger partial charge in [0, 0.05) is 11.2 Å². The second-order valence-electron chi connectivity index (χ2n) is 5.41. The van der Waals surface area contributed by atoms with Gasteiger partial charge in [-0.3, -0.25) is 0 Å². The SMILES string of the molecule is CC(C)c1ccc2[nH]c(C(C)(C)N)cc2c1. The molecule has 0 saturated carbocycles. The number of aromatic nitrogens is 1. The van der Waals surface area contributed by atoms with E-state index in [1.807, 2.05) is 13.8 Å². The first kappa shape index (κ1) is 11.2. The molecule has 0 spiro atoms. The van der Waals surface area contributed by atoms with Gasteiger partial charge in [0.05, 0.1) is 5.54 Å². The van der Waals surface area contributed by atoms with Crippen molar-refractivity contribution in [3.05, 3.63) is 35.5 Å². The van der Waals surface area contributed by atoms with E-state index in [1.165, 1.54) is 10.9 Å². The van der Waals surface area contributed by atoms with E-state index in [1.54, 1.807) is 0 Å². The number of benzene rings is 1. The van der Waals surface area contributed by atoms with Crippen molar-refractivity contribution in [3.63, 3.8) is 0 Å². The summed E-state index contributed by atoms with van der Waals surface area (Å²) in [5.41, 5.74) is 9.40. The summed E-state index contributed by atoms with van der Waals surface area (Å²) in [7, 11) is 0. The molecule has 0 bridgehead atoms. The molecule has 0 aliphatic carbocycles. The zero-order valence-electron chi connectivity index (χ0n) is 10.5. The first-order chi connectivity index (χ1) is 7.38. The highest BCUT2D eigenvalue weighted by molar-refractivity contribution is 5.81. The lowest BCUT2D eigenvalue weighted by atomic mass is 10.0. The molecule has 0 saturated heterocycles. The van der Waals surface area contributed by atoms with Crippen molar-refractivity contribution in [3.8, 4) is 0 Å². The zero-order chi connectivity index (χ0) is 11.9. The van der Waals surface area contributed by atoms with Gasteiger partial charge in [-0.1, -0.05) is 19.9 Å². The maximum atomic E-state index is 6.09. The number of fused-ring (bicyclic) bond motifs is 1. The fourth-order valence-corrected chi connectivity index (χ4v) is 1.86. The van der Waals surface area contributed by atoms with Crippen LogP contribution in [0.2, 0.25) is 0 Å². The second-order valence-corrected chi connectivity index (χ2v) is 5.41. The third kappa shape index (κ3) is 1.98. The predicted octanol–water partition coefficient (Wildman–Crippen LogP) is 3.49. The van der Waals surface area contributed by atoms with E-state index in [9.17, 15) is 0 Å². The molecule has 86 valence electrons. The van der Waals surface area contributed by atoms with Crippen LogP contribution in [-0.2, 0) is 5.54 Å². The van der Waals surface area contributed by atoms with Gasteiger partial charge in [-0.05, 0) is 48.9 Å². The molecule has 0 fully saturated rings. The van der Waals surface area contributed by atoms with Crippen molar-refractivity contribution in [2.75, 3.05) is 0 Å². The zero-order valence-corrected chi connectivity index (χ0v) is 10.5. The number of rotatable bonds is 2. The Bertz CT molecular complexity index is 501. The summed E-state index contributed by atoms with van der Waals surface area (Å²) in [5.74, 6) is 0.564. The molecule has 1 aromatic heterocycles. The fourth-order valence-electron chi connectivity index (χ4n) is 1.86. The highest BCUT2D eigenvalue weighted by Gasteiger charge is 2.16. The number of aromatic amines is 1. The van der Waals surface area contributed by atoms with E-state index in [2.05, 4.69) is 43.1 Å². The molecule has 1 heterocycles. The summed E-state index contributed by atoms with van der Waals surface area (Å²) >= 11 is 0. The first-order valence-corrected chi connectivity index (χ1v) is 5.80. The lowest BCUT2D eigenvalue weighted by Crippen LogP contribution is -2.28. The molecular weight excluding hydrogens is 196 g/mol. The highest BCUT2D eigenvalue weighted by atomic mass is 14.8. The quantitative estimate of drug-likeness (QED) is 0.792. The van der Waals surface area contributed by atoms with Crippen molar-refractivity contribution >= 4 is 10.9 Å². The Hall–Kier alpha value is -1.28. The number of hydrogen-bond donors (Lipinski definition) is 2. The summed E-state index contributed by atoms with van der Waals surface area (Å²) in [6.07, 6.45) is 0. The van der Waals surface area contributed by atoms with E-state index in [0.29, 0.717) is 5.92 Å². The van der Waals surface area contributed by atoms with E-state index in [4.69, 9.17) is 5.73 Å². The Morgan fingerprint density at radius 2 is 1.88 bits per heavy atom. The van der Waals surface area contributed by atoms with Gasteiger partial charge in [0.2, 0.25) is 0 Å².